The third-order valence-electron chi connectivity index (χ3n) is 3.69. The van der Waals surface area contributed by atoms with Crippen molar-refractivity contribution in [2.24, 2.45) is 0 Å². The molecular weight excluding hydrogens is 301 g/mol. The van der Waals surface area contributed by atoms with E-state index in [1.54, 1.807) is 0 Å². The Kier molecular flexibility index (Phi) is 4.64. The van der Waals surface area contributed by atoms with Crippen LogP contribution in [0.1, 0.15) is 17.5 Å². The number of likely N-dealkylation sites (tertiary alicyclic amines) is 1. The van der Waals surface area contributed by atoms with E-state index in [4.69, 9.17) is 23.2 Å². The van der Waals surface area contributed by atoms with Crippen LogP contribution in [-0.2, 0) is 6.54 Å². The first-order valence-corrected chi connectivity index (χ1v) is 7.86. The lowest BCUT2D eigenvalue weighted by Crippen LogP contribution is -2.18. The van der Waals surface area contributed by atoms with Gasteiger partial charge in [0.1, 0.15) is 0 Å². The molecule has 108 valence electrons. The highest BCUT2D eigenvalue weighted by molar-refractivity contribution is 6.30. The summed E-state index contributed by atoms with van der Waals surface area (Å²) >= 11 is 12.1. The zero-order chi connectivity index (χ0) is 14.7. The highest BCUT2D eigenvalue weighted by atomic mass is 35.5. The molecular formula is C18H17Cl2N. The SMILES string of the molecule is Clc1cccc(/C=C2\CCN(Cc3cccc(Cl)c3)C2)c1. The third kappa shape index (κ3) is 4.10. The van der Waals surface area contributed by atoms with Gasteiger partial charge in [0.15, 0.2) is 0 Å². The van der Waals surface area contributed by atoms with E-state index in [-0.39, 0.29) is 0 Å². The van der Waals surface area contributed by atoms with Crippen LogP contribution in [0, 0.1) is 0 Å². The first-order valence-electron chi connectivity index (χ1n) is 7.11. The molecule has 0 unspecified atom stereocenters. The van der Waals surface area contributed by atoms with Gasteiger partial charge in [-0.15, -0.1) is 0 Å². The van der Waals surface area contributed by atoms with Crippen LogP contribution in [0.3, 0.4) is 0 Å². The number of nitrogens with zero attached hydrogens (tertiary/aromatic N) is 1. The molecule has 2 aromatic carbocycles. The number of benzene rings is 2. The van der Waals surface area contributed by atoms with Gasteiger partial charge < -0.3 is 0 Å². The molecule has 3 heteroatoms. The van der Waals surface area contributed by atoms with Gasteiger partial charge in [0, 0.05) is 29.7 Å². The van der Waals surface area contributed by atoms with Gasteiger partial charge in [0.25, 0.3) is 0 Å². The topological polar surface area (TPSA) is 3.24 Å². The van der Waals surface area contributed by atoms with Crippen molar-refractivity contribution in [3.8, 4) is 0 Å². The zero-order valence-electron chi connectivity index (χ0n) is 11.7. The van der Waals surface area contributed by atoms with Crippen LogP contribution in [-0.4, -0.2) is 18.0 Å². The largest absolute Gasteiger partial charge is 0.295 e. The summed E-state index contributed by atoms with van der Waals surface area (Å²) in [5, 5.41) is 1.60. The molecule has 0 aliphatic carbocycles. The molecule has 0 bridgehead atoms. The molecule has 2 aromatic rings. The molecule has 1 aliphatic rings. The molecule has 0 radical (unpaired) electrons. The molecule has 0 aromatic heterocycles. The van der Waals surface area contributed by atoms with Crippen molar-refractivity contribution >= 4 is 29.3 Å². The van der Waals surface area contributed by atoms with Gasteiger partial charge in [-0.05, 0) is 41.8 Å². The number of hydrogen-bond donors (Lipinski definition) is 0. The minimum atomic E-state index is 0.790. The summed E-state index contributed by atoms with van der Waals surface area (Å²) in [4.78, 5) is 2.45. The molecule has 1 nitrogen and oxygen atoms in total. The summed E-state index contributed by atoms with van der Waals surface area (Å²) in [7, 11) is 0. The number of rotatable bonds is 3. The smallest absolute Gasteiger partial charge is 0.0411 e. The van der Waals surface area contributed by atoms with Gasteiger partial charge in [-0.25, -0.2) is 0 Å². The minimum Gasteiger partial charge on any atom is -0.295 e. The molecule has 0 atom stereocenters. The minimum absolute atomic E-state index is 0.790. The second-order valence-electron chi connectivity index (χ2n) is 5.45. The van der Waals surface area contributed by atoms with E-state index in [1.165, 1.54) is 16.7 Å². The van der Waals surface area contributed by atoms with Crippen LogP contribution in [0.25, 0.3) is 6.08 Å². The lowest BCUT2D eigenvalue weighted by molar-refractivity contribution is 0.337. The Hall–Kier alpha value is -1.28. The fraction of sp³-hybridized carbons (Fsp3) is 0.222. The first-order chi connectivity index (χ1) is 10.2. The van der Waals surface area contributed by atoms with Crippen LogP contribution < -0.4 is 0 Å². The average molecular weight is 318 g/mol. The lowest BCUT2D eigenvalue weighted by Gasteiger charge is -2.14. The van der Waals surface area contributed by atoms with Crippen molar-refractivity contribution in [1.29, 1.82) is 0 Å². The van der Waals surface area contributed by atoms with Crippen LogP contribution in [0.4, 0.5) is 0 Å². The maximum atomic E-state index is 6.04. The fourth-order valence-corrected chi connectivity index (χ4v) is 3.14. The Balaban J connectivity index is 1.65. The molecule has 0 amide bonds. The Morgan fingerprint density at radius 2 is 1.76 bits per heavy atom. The second-order valence-corrected chi connectivity index (χ2v) is 6.32. The first kappa shape index (κ1) is 14.6. The zero-order valence-corrected chi connectivity index (χ0v) is 13.2. The highest BCUT2D eigenvalue weighted by Crippen LogP contribution is 2.22. The van der Waals surface area contributed by atoms with Crippen LogP contribution in [0.15, 0.2) is 54.1 Å². The van der Waals surface area contributed by atoms with Crippen LogP contribution in [0.2, 0.25) is 10.0 Å². The number of hydrogen-bond acceptors (Lipinski definition) is 1. The van der Waals surface area contributed by atoms with Gasteiger partial charge in [0.2, 0.25) is 0 Å². The molecule has 1 fully saturated rings. The molecule has 1 aliphatic heterocycles. The molecule has 1 saturated heterocycles. The second kappa shape index (κ2) is 6.65. The molecule has 0 saturated carbocycles. The normalized spacial score (nSPS) is 17.5. The van der Waals surface area contributed by atoms with E-state index in [1.807, 2.05) is 36.4 Å². The van der Waals surface area contributed by atoms with E-state index in [2.05, 4.69) is 23.1 Å². The van der Waals surface area contributed by atoms with E-state index >= 15 is 0 Å². The van der Waals surface area contributed by atoms with Crippen LogP contribution >= 0.6 is 23.2 Å². The van der Waals surface area contributed by atoms with Crippen LogP contribution in [0.5, 0.6) is 0 Å². The van der Waals surface area contributed by atoms with E-state index in [9.17, 15) is 0 Å². The Labute approximate surface area is 135 Å². The van der Waals surface area contributed by atoms with Crippen molar-refractivity contribution in [2.75, 3.05) is 13.1 Å². The van der Waals surface area contributed by atoms with Crippen molar-refractivity contribution in [2.45, 2.75) is 13.0 Å². The van der Waals surface area contributed by atoms with Crippen molar-refractivity contribution < 1.29 is 0 Å². The van der Waals surface area contributed by atoms with E-state index < -0.39 is 0 Å². The monoisotopic (exact) mass is 317 g/mol. The van der Waals surface area contributed by atoms with Gasteiger partial charge >= 0.3 is 0 Å². The van der Waals surface area contributed by atoms with Gasteiger partial charge in [-0.1, -0.05) is 59.1 Å². The van der Waals surface area contributed by atoms with E-state index in [0.717, 1.165) is 36.1 Å². The molecule has 0 N–H and O–H groups in total. The summed E-state index contributed by atoms with van der Waals surface area (Å²) in [6.07, 6.45) is 3.37. The summed E-state index contributed by atoms with van der Waals surface area (Å²) in [6, 6.07) is 16.1. The molecule has 21 heavy (non-hydrogen) atoms. The van der Waals surface area contributed by atoms with Gasteiger partial charge in [-0.3, -0.25) is 4.90 Å². The Bertz CT molecular complexity index is 664. The summed E-state index contributed by atoms with van der Waals surface area (Å²) in [5.41, 5.74) is 3.91. The standard InChI is InChI=1S/C18H17Cl2N/c19-17-5-1-3-14(10-17)9-16-7-8-21(13-16)12-15-4-2-6-18(20)11-15/h1-6,9-11H,7-8,12-13H2/b16-9+. The average Bonchev–Trinajstić information content (AvgIpc) is 2.86. The summed E-state index contributed by atoms with van der Waals surface area (Å²) in [6.45, 7) is 3.06. The summed E-state index contributed by atoms with van der Waals surface area (Å²) in [5.74, 6) is 0. The number of halogens is 2. The molecule has 3 rings (SSSR count). The Morgan fingerprint density at radius 1 is 1.00 bits per heavy atom. The lowest BCUT2D eigenvalue weighted by atomic mass is 10.1. The Morgan fingerprint density at radius 3 is 2.52 bits per heavy atom. The summed E-state index contributed by atoms with van der Waals surface area (Å²) < 4.78 is 0. The predicted octanol–water partition coefficient (Wildman–Crippen LogP) is 5.28. The molecule has 1 heterocycles. The van der Waals surface area contributed by atoms with Gasteiger partial charge in [0.05, 0.1) is 0 Å². The maximum absolute atomic E-state index is 6.04. The maximum Gasteiger partial charge on any atom is 0.0411 e. The van der Waals surface area contributed by atoms with E-state index in [0.29, 0.717) is 0 Å². The third-order valence-corrected chi connectivity index (χ3v) is 4.16. The highest BCUT2D eigenvalue weighted by Gasteiger charge is 2.16. The molecule has 0 spiro atoms. The fourth-order valence-electron chi connectivity index (χ4n) is 2.73. The predicted molar refractivity (Wildman–Crippen MR) is 90.8 cm³/mol. The quantitative estimate of drug-likeness (QED) is 0.744. The van der Waals surface area contributed by atoms with Crippen molar-refractivity contribution in [3.05, 3.63) is 75.3 Å². The van der Waals surface area contributed by atoms with Crippen molar-refractivity contribution in [3.63, 3.8) is 0 Å². The van der Waals surface area contributed by atoms with Crippen molar-refractivity contribution in [1.82, 2.24) is 4.90 Å². The van der Waals surface area contributed by atoms with Gasteiger partial charge in [-0.2, -0.15) is 0 Å².